The van der Waals surface area contributed by atoms with Crippen LogP contribution in [0.3, 0.4) is 0 Å². The Hall–Kier alpha value is -3.02. The fourth-order valence-electron chi connectivity index (χ4n) is 2.79. The van der Waals surface area contributed by atoms with Crippen molar-refractivity contribution in [2.45, 2.75) is 25.9 Å². The van der Waals surface area contributed by atoms with Gasteiger partial charge in [-0.25, -0.2) is 0 Å². The molecule has 26 heavy (non-hydrogen) atoms. The molecule has 1 fully saturated rings. The number of nitrogens with one attached hydrogen (secondary N) is 2. The van der Waals surface area contributed by atoms with E-state index in [2.05, 4.69) is 10.6 Å². The van der Waals surface area contributed by atoms with Crippen molar-refractivity contribution >= 4 is 11.8 Å². The Morgan fingerprint density at radius 2 is 1.58 bits per heavy atom. The van der Waals surface area contributed by atoms with Gasteiger partial charge in [-0.15, -0.1) is 0 Å². The van der Waals surface area contributed by atoms with Crippen LogP contribution in [0.5, 0.6) is 11.5 Å². The molecule has 0 unspecified atom stereocenters. The summed E-state index contributed by atoms with van der Waals surface area (Å²) >= 11 is 0. The monoisotopic (exact) mass is 352 g/mol. The van der Waals surface area contributed by atoms with Crippen LogP contribution in [-0.4, -0.2) is 18.6 Å². The van der Waals surface area contributed by atoms with Crippen LogP contribution in [0.2, 0.25) is 0 Å². The lowest BCUT2D eigenvalue weighted by Gasteiger charge is -2.08. The first kappa shape index (κ1) is 16.4. The molecule has 2 aliphatic rings. The maximum absolute atomic E-state index is 12.3. The summed E-state index contributed by atoms with van der Waals surface area (Å²) in [6, 6.07) is 12.9. The van der Waals surface area contributed by atoms with Crippen molar-refractivity contribution < 1.29 is 19.1 Å². The van der Waals surface area contributed by atoms with Crippen LogP contribution in [0, 0.1) is 5.92 Å². The molecule has 2 amide bonds. The zero-order valence-electron chi connectivity index (χ0n) is 14.3. The third-order valence-corrected chi connectivity index (χ3v) is 4.52. The lowest BCUT2D eigenvalue weighted by Crippen LogP contribution is -2.24. The molecule has 1 aliphatic heterocycles. The smallest absolute Gasteiger partial charge is 0.251 e. The molecular weight excluding hydrogens is 332 g/mol. The summed E-state index contributed by atoms with van der Waals surface area (Å²) in [5, 5.41) is 5.81. The second-order valence-corrected chi connectivity index (χ2v) is 6.56. The minimum Gasteiger partial charge on any atom is -0.454 e. The number of ether oxygens (including phenoxy) is 2. The number of carbonyl (C=O) groups excluding carboxylic acids is 2. The van der Waals surface area contributed by atoms with Crippen LogP contribution in [0.4, 0.5) is 0 Å². The molecule has 1 heterocycles. The van der Waals surface area contributed by atoms with E-state index in [0.717, 1.165) is 29.7 Å². The van der Waals surface area contributed by atoms with Crippen molar-refractivity contribution in [3.05, 3.63) is 59.2 Å². The van der Waals surface area contributed by atoms with Crippen molar-refractivity contribution in [3.63, 3.8) is 0 Å². The lowest BCUT2D eigenvalue weighted by molar-refractivity contribution is -0.122. The van der Waals surface area contributed by atoms with Crippen molar-refractivity contribution in [1.29, 1.82) is 0 Å². The highest BCUT2D eigenvalue weighted by Crippen LogP contribution is 2.32. The Kier molecular flexibility index (Phi) is 4.48. The largest absolute Gasteiger partial charge is 0.454 e. The zero-order chi connectivity index (χ0) is 17.9. The van der Waals surface area contributed by atoms with E-state index >= 15 is 0 Å². The molecule has 0 aromatic heterocycles. The number of benzene rings is 2. The van der Waals surface area contributed by atoms with Crippen LogP contribution < -0.4 is 20.1 Å². The predicted molar refractivity (Wildman–Crippen MR) is 94.7 cm³/mol. The fraction of sp³-hybridized carbons (Fsp3) is 0.300. The molecule has 1 saturated carbocycles. The van der Waals surface area contributed by atoms with Crippen molar-refractivity contribution in [2.75, 3.05) is 6.79 Å². The molecule has 4 rings (SSSR count). The first-order valence-corrected chi connectivity index (χ1v) is 8.72. The molecule has 2 aromatic rings. The second kappa shape index (κ2) is 7.07. The number of fused-ring (bicyclic) bond motifs is 1. The highest BCUT2D eigenvalue weighted by atomic mass is 16.7. The Morgan fingerprint density at radius 1 is 0.885 bits per heavy atom. The van der Waals surface area contributed by atoms with Crippen LogP contribution >= 0.6 is 0 Å². The van der Waals surface area contributed by atoms with Crippen molar-refractivity contribution in [2.24, 2.45) is 5.92 Å². The molecule has 0 radical (unpaired) electrons. The van der Waals surface area contributed by atoms with E-state index in [1.807, 2.05) is 30.3 Å². The van der Waals surface area contributed by atoms with Gasteiger partial charge in [0.1, 0.15) is 0 Å². The molecule has 6 heteroatoms. The average Bonchev–Trinajstić information content (AvgIpc) is 3.42. The Labute approximate surface area is 151 Å². The SMILES string of the molecule is O=C(NCc1ccc2c(c1)OCO2)c1ccc(CNC(=O)C2CC2)cc1. The van der Waals surface area contributed by atoms with Gasteiger partial charge in [0.15, 0.2) is 11.5 Å². The second-order valence-electron chi connectivity index (χ2n) is 6.56. The number of hydrogen-bond acceptors (Lipinski definition) is 4. The number of rotatable bonds is 6. The van der Waals surface area contributed by atoms with Crippen LogP contribution in [0.25, 0.3) is 0 Å². The number of hydrogen-bond donors (Lipinski definition) is 2. The quantitative estimate of drug-likeness (QED) is 0.837. The molecule has 0 bridgehead atoms. The molecule has 0 atom stereocenters. The first-order valence-electron chi connectivity index (χ1n) is 8.72. The van der Waals surface area contributed by atoms with Gasteiger partial charge < -0.3 is 20.1 Å². The summed E-state index contributed by atoms with van der Waals surface area (Å²) in [5.41, 5.74) is 2.51. The van der Waals surface area contributed by atoms with E-state index in [4.69, 9.17) is 9.47 Å². The Morgan fingerprint density at radius 3 is 2.35 bits per heavy atom. The van der Waals surface area contributed by atoms with Gasteiger partial charge in [-0.05, 0) is 48.2 Å². The Bertz CT molecular complexity index is 828. The molecule has 134 valence electrons. The third kappa shape index (κ3) is 3.79. The van der Waals surface area contributed by atoms with Crippen LogP contribution in [0.15, 0.2) is 42.5 Å². The van der Waals surface area contributed by atoms with Crippen LogP contribution in [0.1, 0.15) is 34.3 Å². The van der Waals surface area contributed by atoms with E-state index in [9.17, 15) is 9.59 Å². The normalized spacial score (nSPS) is 14.8. The number of amides is 2. The average molecular weight is 352 g/mol. The molecule has 2 aromatic carbocycles. The standard InChI is InChI=1S/C20H20N2O4/c23-19(22-11-14-3-8-17-18(9-14)26-12-25-17)15-4-1-13(2-5-15)10-21-20(24)16-6-7-16/h1-5,8-9,16H,6-7,10-12H2,(H,21,24)(H,22,23). The molecule has 0 saturated heterocycles. The summed E-state index contributed by atoms with van der Waals surface area (Å²) < 4.78 is 10.6. The molecule has 1 aliphatic carbocycles. The van der Waals surface area contributed by atoms with Gasteiger partial charge in [-0.2, -0.15) is 0 Å². The topological polar surface area (TPSA) is 76.7 Å². The van der Waals surface area contributed by atoms with Crippen molar-refractivity contribution in [1.82, 2.24) is 10.6 Å². The summed E-state index contributed by atoms with van der Waals surface area (Å²) in [5.74, 6) is 1.61. The fourth-order valence-corrected chi connectivity index (χ4v) is 2.79. The number of carbonyl (C=O) groups is 2. The van der Waals surface area contributed by atoms with E-state index in [1.54, 1.807) is 12.1 Å². The van der Waals surface area contributed by atoms with Crippen molar-refractivity contribution in [3.8, 4) is 11.5 Å². The maximum Gasteiger partial charge on any atom is 0.251 e. The van der Waals surface area contributed by atoms with Gasteiger partial charge in [-0.3, -0.25) is 9.59 Å². The van der Waals surface area contributed by atoms with Gasteiger partial charge in [0.25, 0.3) is 5.91 Å². The summed E-state index contributed by atoms with van der Waals surface area (Å²) in [6.07, 6.45) is 1.99. The maximum atomic E-state index is 12.3. The summed E-state index contributed by atoms with van der Waals surface area (Å²) in [4.78, 5) is 23.9. The highest BCUT2D eigenvalue weighted by molar-refractivity contribution is 5.94. The van der Waals surface area contributed by atoms with E-state index in [0.29, 0.717) is 24.4 Å². The molecule has 6 nitrogen and oxygen atoms in total. The van der Waals surface area contributed by atoms with E-state index in [-0.39, 0.29) is 24.5 Å². The van der Waals surface area contributed by atoms with Gasteiger partial charge >= 0.3 is 0 Å². The van der Waals surface area contributed by atoms with E-state index in [1.165, 1.54) is 0 Å². The minimum absolute atomic E-state index is 0.121. The lowest BCUT2D eigenvalue weighted by atomic mass is 10.1. The van der Waals surface area contributed by atoms with E-state index < -0.39 is 0 Å². The molecule has 0 spiro atoms. The third-order valence-electron chi connectivity index (χ3n) is 4.52. The highest BCUT2D eigenvalue weighted by Gasteiger charge is 2.29. The van der Waals surface area contributed by atoms with Gasteiger partial charge in [0, 0.05) is 24.6 Å². The zero-order valence-corrected chi connectivity index (χ0v) is 14.3. The predicted octanol–water partition coefficient (Wildman–Crippen LogP) is 2.37. The van der Waals surface area contributed by atoms with Gasteiger partial charge in [-0.1, -0.05) is 18.2 Å². The summed E-state index contributed by atoms with van der Waals surface area (Å²) in [7, 11) is 0. The minimum atomic E-state index is -0.142. The Balaban J connectivity index is 1.29. The first-order chi connectivity index (χ1) is 12.7. The van der Waals surface area contributed by atoms with Crippen LogP contribution in [-0.2, 0) is 17.9 Å². The van der Waals surface area contributed by atoms with Gasteiger partial charge in [0.05, 0.1) is 0 Å². The molecular formula is C20H20N2O4. The summed E-state index contributed by atoms with van der Waals surface area (Å²) in [6.45, 7) is 1.14. The molecule has 2 N–H and O–H groups in total. The van der Waals surface area contributed by atoms with Gasteiger partial charge in [0.2, 0.25) is 12.7 Å².